The van der Waals surface area contributed by atoms with Crippen molar-refractivity contribution >= 4 is 51.4 Å². The molecule has 0 fully saturated rings. The zero-order valence-electron chi connectivity index (χ0n) is 37.4. The molecule has 2 aliphatic carbocycles. The van der Waals surface area contributed by atoms with Gasteiger partial charge in [-0.15, -0.1) is 0 Å². The summed E-state index contributed by atoms with van der Waals surface area (Å²) < 4.78 is 0. The lowest BCUT2D eigenvalue weighted by molar-refractivity contribution is 0.722. The lowest BCUT2D eigenvalue weighted by Crippen LogP contribution is -2.32. The molecule has 0 atom stereocenters. The number of nitrogens with zero attached hydrogens (tertiary/aromatic N) is 1. The van der Waals surface area contributed by atoms with Crippen molar-refractivity contribution in [2.45, 2.75) is 30.4 Å². The molecule has 1 nitrogen and oxygen atoms in total. The minimum absolute atomic E-state index is 0.445. The molecule has 2 spiro atoms. The fourth-order valence-electron chi connectivity index (χ4n) is 12.7. The van der Waals surface area contributed by atoms with Gasteiger partial charge in [0.1, 0.15) is 0 Å². The summed E-state index contributed by atoms with van der Waals surface area (Å²) in [6.45, 7) is 0. The third kappa shape index (κ3) is 5.35. The third-order valence-corrected chi connectivity index (χ3v) is 17.7. The molecule has 0 bridgehead atoms. The Morgan fingerprint density at radius 1 is 0.261 bits per heavy atom. The van der Waals surface area contributed by atoms with E-state index in [-0.39, 0.29) is 0 Å². The van der Waals surface area contributed by atoms with Gasteiger partial charge in [-0.1, -0.05) is 212 Å². The fourth-order valence-corrected chi connectivity index (χ4v) is 15.1. The first-order valence-corrected chi connectivity index (χ1v) is 25.5. The van der Waals surface area contributed by atoms with Crippen molar-refractivity contribution in [1.29, 1.82) is 0 Å². The number of anilines is 3. The van der Waals surface area contributed by atoms with Crippen molar-refractivity contribution in [2.24, 2.45) is 0 Å². The van der Waals surface area contributed by atoms with E-state index in [0.717, 1.165) is 17.1 Å². The van der Waals surface area contributed by atoms with Crippen LogP contribution in [0.2, 0.25) is 0 Å². The van der Waals surface area contributed by atoms with Gasteiger partial charge in [0.25, 0.3) is 0 Å². The van der Waals surface area contributed by atoms with E-state index in [2.05, 4.69) is 254 Å². The van der Waals surface area contributed by atoms with Gasteiger partial charge in [-0.05, 0) is 149 Å². The predicted octanol–water partition coefficient (Wildman–Crippen LogP) is 17.6. The molecule has 69 heavy (non-hydrogen) atoms. The van der Waals surface area contributed by atoms with Crippen LogP contribution in [0, 0.1) is 0 Å². The molecule has 0 saturated heterocycles. The fraction of sp³-hybridized carbons (Fsp3) is 0.0303. The highest BCUT2D eigenvalue weighted by molar-refractivity contribution is 7.99. The summed E-state index contributed by atoms with van der Waals surface area (Å²) in [5, 5.41) is 2.51. The molecular weight excluding hydrogens is 871 g/mol. The van der Waals surface area contributed by atoms with Crippen LogP contribution in [0.25, 0.3) is 44.2 Å². The molecule has 0 radical (unpaired) electrons. The summed E-state index contributed by atoms with van der Waals surface area (Å²) in [7, 11) is 0. The van der Waals surface area contributed by atoms with Crippen molar-refractivity contribution in [3.63, 3.8) is 0 Å². The van der Waals surface area contributed by atoms with Gasteiger partial charge in [-0.2, -0.15) is 0 Å². The Morgan fingerprint density at radius 3 is 1.28 bits per heavy atom. The smallest absolute Gasteiger partial charge is 0.0736 e. The van der Waals surface area contributed by atoms with Crippen LogP contribution in [0.4, 0.5) is 17.1 Å². The summed E-state index contributed by atoms with van der Waals surface area (Å²) in [6, 6.07) is 93.8. The molecule has 15 rings (SSSR count). The van der Waals surface area contributed by atoms with Crippen molar-refractivity contribution < 1.29 is 0 Å². The normalized spacial score (nSPS) is 14.5. The molecule has 0 amide bonds. The summed E-state index contributed by atoms with van der Waals surface area (Å²) >= 11 is 3.78. The maximum Gasteiger partial charge on any atom is 0.0736 e. The Labute approximate surface area is 410 Å². The van der Waals surface area contributed by atoms with E-state index < -0.39 is 10.8 Å². The molecule has 2 aliphatic heterocycles. The van der Waals surface area contributed by atoms with E-state index in [1.54, 1.807) is 0 Å². The lowest BCUT2D eigenvalue weighted by atomic mass is 9.67. The Bertz CT molecular complexity index is 3840. The van der Waals surface area contributed by atoms with Crippen LogP contribution in [0.3, 0.4) is 0 Å². The van der Waals surface area contributed by atoms with E-state index in [9.17, 15) is 0 Å². The first-order chi connectivity index (χ1) is 34.2. The van der Waals surface area contributed by atoms with E-state index in [0.29, 0.717) is 0 Å². The number of rotatable bonds is 4. The van der Waals surface area contributed by atoms with E-state index in [4.69, 9.17) is 0 Å². The Morgan fingerprint density at radius 2 is 0.667 bits per heavy atom. The van der Waals surface area contributed by atoms with Gasteiger partial charge in [0, 0.05) is 36.6 Å². The zero-order valence-corrected chi connectivity index (χ0v) is 39.1. The molecular formula is C66H41NS2. The number of benzene rings is 11. The van der Waals surface area contributed by atoms with Crippen LogP contribution in [0.5, 0.6) is 0 Å². The second kappa shape index (κ2) is 14.8. The van der Waals surface area contributed by atoms with Gasteiger partial charge in [-0.25, -0.2) is 0 Å². The molecule has 11 aromatic carbocycles. The molecule has 0 saturated carbocycles. The van der Waals surface area contributed by atoms with Crippen molar-refractivity contribution in [3.8, 4) is 33.4 Å². The van der Waals surface area contributed by atoms with Gasteiger partial charge in [-0.3, -0.25) is 0 Å². The predicted molar refractivity (Wildman–Crippen MR) is 287 cm³/mol. The standard InChI is InChI=1S/C66H41NS2/c1-2-18-47-42(16-1)17-15-21-48(47)43-32-34-44(35-33-43)67(45-37-39-55-52(40-45)50-20-4-6-23-54(50)65(55)56-24-7-11-28-61(56)68-62-29-12-8-25-57(62)65)46-36-38-51-49-19-3-5-22-53(49)66(60(51)41-46)58-26-9-13-30-63(58)69-64-31-14-10-27-59(64)66/h1-41H. The number of hydrogen-bond acceptors (Lipinski definition) is 3. The second-order valence-electron chi connectivity index (χ2n) is 18.6. The SMILES string of the molecule is c1ccc2c(c1)Sc1ccccc1C21c2ccccc2-c2cc(N(c3ccc(-c4cccc5ccccc45)cc3)c3ccc4c(c3)C3(c5ccccc5Sc5ccccc53)c3ccccc3-4)ccc21. The van der Waals surface area contributed by atoms with E-state index >= 15 is 0 Å². The summed E-state index contributed by atoms with van der Waals surface area (Å²) in [6.07, 6.45) is 0. The van der Waals surface area contributed by atoms with Gasteiger partial charge in [0.2, 0.25) is 0 Å². The van der Waals surface area contributed by atoms with Gasteiger partial charge >= 0.3 is 0 Å². The van der Waals surface area contributed by atoms with E-state index in [1.807, 2.05) is 23.5 Å². The summed E-state index contributed by atoms with van der Waals surface area (Å²) in [5.74, 6) is 0. The van der Waals surface area contributed by atoms with Crippen LogP contribution in [-0.4, -0.2) is 0 Å². The number of hydrogen-bond donors (Lipinski definition) is 0. The highest BCUT2D eigenvalue weighted by atomic mass is 32.2. The maximum atomic E-state index is 2.52. The van der Waals surface area contributed by atoms with Crippen molar-refractivity contribution in [2.75, 3.05) is 4.90 Å². The van der Waals surface area contributed by atoms with Gasteiger partial charge in [0.15, 0.2) is 0 Å². The average Bonchev–Trinajstić information content (AvgIpc) is 3.86. The van der Waals surface area contributed by atoms with Crippen LogP contribution in [0.15, 0.2) is 268 Å². The highest BCUT2D eigenvalue weighted by Gasteiger charge is 2.52. The average molecular weight is 912 g/mol. The molecule has 0 N–H and O–H groups in total. The first-order valence-electron chi connectivity index (χ1n) is 23.8. The zero-order chi connectivity index (χ0) is 45.3. The Balaban J connectivity index is 0.980. The minimum atomic E-state index is -0.493. The third-order valence-electron chi connectivity index (χ3n) is 15.4. The molecule has 0 unspecified atom stereocenters. The van der Waals surface area contributed by atoms with Crippen LogP contribution in [0.1, 0.15) is 44.5 Å². The first kappa shape index (κ1) is 39.2. The van der Waals surface area contributed by atoms with E-state index in [1.165, 1.54) is 108 Å². The lowest BCUT2D eigenvalue weighted by Gasteiger charge is -2.40. The van der Waals surface area contributed by atoms with Crippen LogP contribution >= 0.6 is 23.5 Å². The molecule has 4 aliphatic rings. The molecule has 2 heterocycles. The Kier molecular flexibility index (Phi) is 8.43. The largest absolute Gasteiger partial charge is 0.310 e. The molecule has 11 aromatic rings. The van der Waals surface area contributed by atoms with Gasteiger partial charge < -0.3 is 4.90 Å². The molecule has 3 heteroatoms. The highest BCUT2D eigenvalue weighted by Crippen LogP contribution is 2.65. The maximum absolute atomic E-state index is 2.52. The Hall–Kier alpha value is -7.82. The van der Waals surface area contributed by atoms with Crippen LogP contribution in [-0.2, 0) is 10.8 Å². The molecule has 322 valence electrons. The van der Waals surface area contributed by atoms with Gasteiger partial charge in [0.05, 0.1) is 10.8 Å². The van der Waals surface area contributed by atoms with Crippen LogP contribution < -0.4 is 4.90 Å². The summed E-state index contributed by atoms with van der Waals surface area (Å²) in [5.41, 5.74) is 20.7. The number of fused-ring (bicyclic) bond motifs is 19. The minimum Gasteiger partial charge on any atom is -0.310 e. The van der Waals surface area contributed by atoms with Crippen molar-refractivity contribution in [1.82, 2.24) is 0 Å². The van der Waals surface area contributed by atoms with Crippen molar-refractivity contribution in [3.05, 3.63) is 293 Å². The molecule has 0 aromatic heterocycles. The quantitative estimate of drug-likeness (QED) is 0.173. The second-order valence-corrected chi connectivity index (χ2v) is 20.8. The topological polar surface area (TPSA) is 3.24 Å². The monoisotopic (exact) mass is 911 g/mol. The summed E-state index contributed by atoms with van der Waals surface area (Å²) in [4.78, 5) is 7.74.